The van der Waals surface area contributed by atoms with Crippen molar-refractivity contribution in [3.05, 3.63) is 57.6 Å². The molecule has 0 heterocycles. The van der Waals surface area contributed by atoms with E-state index >= 15 is 0 Å². The monoisotopic (exact) mass is 593 g/mol. The van der Waals surface area contributed by atoms with Gasteiger partial charge in [-0.2, -0.15) is 0 Å². The lowest BCUT2D eigenvalue weighted by Crippen LogP contribution is -2.07. The zero-order valence-corrected chi connectivity index (χ0v) is 29.5. The van der Waals surface area contributed by atoms with E-state index in [4.69, 9.17) is 0 Å². The number of rotatable bonds is 22. The number of hydrogen-bond acceptors (Lipinski definition) is 2. The van der Waals surface area contributed by atoms with Crippen LogP contribution in [-0.2, 0) is 32.1 Å². The summed E-state index contributed by atoms with van der Waals surface area (Å²) in [6, 6.07) is 9.16. The van der Waals surface area contributed by atoms with Crippen molar-refractivity contribution in [1.82, 2.24) is 0 Å². The quantitative estimate of drug-likeness (QED) is 0.143. The highest BCUT2D eigenvalue weighted by Crippen LogP contribution is 2.34. The molecule has 2 aromatic carbocycles. The topological polar surface area (TPSA) is 40.5 Å². The van der Waals surface area contributed by atoms with Crippen molar-refractivity contribution >= 4 is 0 Å². The van der Waals surface area contributed by atoms with Gasteiger partial charge in [-0.15, -0.1) is 0 Å². The summed E-state index contributed by atoms with van der Waals surface area (Å²) >= 11 is 0. The van der Waals surface area contributed by atoms with E-state index in [1.165, 1.54) is 88.2 Å². The second-order valence-electron chi connectivity index (χ2n) is 14.5. The van der Waals surface area contributed by atoms with Gasteiger partial charge < -0.3 is 10.2 Å². The molecule has 4 atom stereocenters. The first-order valence-corrected chi connectivity index (χ1v) is 18.3. The third-order valence-electron chi connectivity index (χ3n) is 9.54. The molecule has 0 saturated carbocycles. The van der Waals surface area contributed by atoms with Crippen LogP contribution in [0.25, 0.3) is 0 Å². The van der Waals surface area contributed by atoms with E-state index < -0.39 is 0 Å². The predicted octanol–water partition coefficient (Wildman–Crippen LogP) is 12.2. The standard InChI is InChI=1S/C41H68O2/c1-9-13-17-30(5)21-36-26-34(27-37(40(36)42)22-31(6)18-14-10-2)25-35-28-38(23-32(7)19-15-11-3)41(43)39(29-35)24-33(8)20-16-12-4/h26-33,42-43H,9-25H2,1-8H3. The van der Waals surface area contributed by atoms with E-state index in [0.29, 0.717) is 35.2 Å². The zero-order valence-electron chi connectivity index (χ0n) is 29.5. The number of phenolic OH excluding ortho intramolecular Hbond substituents is 2. The second kappa shape index (κ2) is 20.1. The molecule has 0 amide bonds. The lowest BCUT2D eigenvalue weighted by molar-refractivity contribution is 0.432. The molecule has 0 spiro atoms. The summed E-state index contributed by atoms with van der Waals surface area (Å²) in [6.45, 7) is 18.4. The van der Waals surface area contributed by atoms with Crippen molar-refractivity contribution in [2.75, 3.05) is 0 Å². The van der Waals surface area contributed by atoms with Crippen LogP contribution in [-0.4, -0.2) is 10.2 Å². The largest absolute Gasteiger partial charge is 0.507 e. The van der Waals surface area contributed by atoms with Gasteiger partial charge in [-0.1, -0.05) is 157 Å². The molecule has 2 nitrogen and oxygen atoms in total. The molecule has 244 valence electrons. The average Bonchev–Trinajstić information content (AvgIpc) is 2.97. The number of hydrogen-bond donors (Lipinski definition) is 2. The number of unbranched alkanes of at least 4 members (excludes halogenated alkanes) is 4. The zero-order chi connectivity index (χ0) is 31.8. The van der Waals surface area contributed by atoms with Crippen molar-refractivity contribution in [2.45, 2.75) is 165 Å². The maximum atomic E-state index is 11.5. The third-order valence-corrected chi connectivity index (χ3v) is 9.54. The van der Waals surface area contributed by atoms with Gasteiger partial charge in [-0.05, 0) is 89.2 Å². The first-order chi connectivity index (χ1) is 20.6. The van der Waals surface area contributed by atoms with E-state index in [0.717, 1.165) is 54.4 Å². The number of aromatic hydroxyl groups is 2. The third kappa shape index (κ3) is 13.3. The van der Waals surface area contributed by atoms with Gasteiger partial charge >= 0.3 is 0 Å². The molecular weight excluding hydrogens is 524 g/mol. The Balaban J connectivity index is 2.48. The van der Waals surface area contributed by atoms with E-state index in [-0.39, 0.29) is 0 Å². The molecule has 43 heavy (non-hydrogen) atoms. The summed E-state index contributed by atoms with van der Waals surface area (Å²) in [5, 5.41) is 22.9. The van der Waals surface area contributed by atoms with Gasteiger partial charge in [-0.3, -0.25) is 0 Å². The Labute approximate surface area is 267 Å². The van der Waals surface area contributed by atoms with Gasteiger partial charge in [0.2, 0.25) is 0 Å². The van der Waals surface area contributed by atoms with Crippen LogP contribution in [0.2, 0.25) is 0 Å². The molecule has 2 N–H and O–H groups in total. The van der Waals surface area contributed by atoms with Crippen LogP contribution in [0.15, 0.2) is 24.3 Å². The Morgan fingerprint density at radius 3 is 0.884 bits per heavy atom. The highest BCUT2D eigenvalue weighted by Gasteiger charge is 2.18. The molecule has 2 rings (SSSR count). The fourth-order valence-electron chi connectivity index (χ4n) is 6.85. The van der Waals surface area contributed by atoms with Gasteiger partial charge in [-0.25, -0.2) is 0 Å². The van der Waals surface area contributed by atoms with Gasteiger partial charge in [0.1, 0.15) is 11.5 Å². The molecule has 0 bridgehead atoms. The van der Waals surface area contributed by atoms with Crippen LogP contribution >= 0.6 is 0 Å². The first kappa shape index (κ1) is 37.2. The summed E-state index contributed by atoms with van der Waals surface area (Å²) < 4.78 is 0. The van der Waals surface area contributed by atoms with Crippen LogP contribution in [0.3, 0.4) is 0 Å². The molecular formula is C41H68O2. The predicted molar refractivity (Wildman–Crippen MR) is 189 cm³/mol. The molecule has 0 fully saturated rings. The fourth-order valence-corrected chi connectivity index (χ4v) is 6.85. The summed E-state index contributed by atoms with van der Waals surface area (Å²) in [6.07, 6.45) is 19.3. The van der Waals surface area contributed by atoms with Gasteiger partial charge in [0.05, 0.1) is 0 Å². The second-order valence-corrected chi connectivity index (χ2v) is 14.5. The van der Waals surface area contributed by atoms with Crippen LogP contribution in [0.4, 0.5) is 0 Å². The lowest BCUT2D eigenvalue weighted by Gasteiger charge is -2.20. The van der Waals surface area contributed by atoms with Crippen molar-refractivity contribution in [3.8, 4) is 11.5 Å². The Bertz CT molecular complexity index is 896. The molecule has 0 aliphatic carbocycles. The minimum Gasteiger partial charge on any atom is -0.507 e. The average molecular weight is 593 g/mol. The SMILES string of the molecule is CCCCC(C)Cc1cc(Cc2cc(CC(C)CCCC)c(O)c(CC(C)CCCC)c2)cc(CC(C)CCCC)c1O. The van der Waals surface area contributed by atoms with E-state index in [1.807, 2.05) is 0 Å². The highest BCUT2D eigenvalue weighted by molar-refractivity contribution is 5.48. The smallest absolute Gasteiger partial charge is 0.121 e. The van der Waals surface area contributed by atoms with Crippen molar-refractivity contribution < 1.29 is 10.2 Å². The van der Waals surface area contributed by atoms with Gasteiger partial charge in [0, 0.05) is 0 Å². The molecule has 0 aromatic heterocycles. The van der Waals surface area contributed by atoms with Crippen LogP contribution in [0.1, 0.15) is 166 Å². The molecule has 2 heteroatoms. The lowest BCUT2D eigenvalue weighted by atomic mass is 9.86. The van der Waals surface area contributed by atoms with Crippen molar-refractivity contribution in [2.24, 2.45) is 23.7 Å². The highest BCUT2D eigenvalue weighted by atomic mass is 16.3. The van der Waals surface area contributed by atoms with Crippen LogP contribution in [0.5, 0.6) is 11.5 Å². The summed E-state index contributed by atoms with van der Waals surface area (Å²) in [4.78, 5) is 0. The van der Waals surface area contributed by atoms with E-state index in [9.17, 15) is 10.2 Å². The maximum Gasteiger partial charge on any atom is 0.121 e. The molecule has 0 saturated heterocycles. The molecule has 0 aliphatic rings. The molecule has 0 radical (unpaired) electrons. The normalized spacial score (nSPS) is 14.5. The maximum absolute atomic E-state index is 11.5. The minimum absolute atomic E-state index is 0.539. The minimum atomic E-state index is 0.539. The van der Waals surface area contributed by atoms with Crippen LogP contribution < -0.4 is 0 Å². The first-order valence-electron chi connectivity index (χ1n) is 18.3. The molecule has 4 unspecified atom stereocenters. The van der Waals surface area contributed by atoms with Gasteiger partial charge in [0.25, 0.3) is 0 Å². The number of phenols is 2. The van der Waals surface area contributed by atoms with E-state index in [2.05, 4.69) is 79.7 Å². The van der Waals surface area contributed by atoms with Crippen molar-refractivity contribution in [1.29, 1.82) is 0 Å². The Hall–Kier alpha value is -1.96. The fraction of sp³-hybridized carbons (Fsp3) is 0.707. The molecule has 0 aliphatic heterocycles. The Kier molecular flexibility index (Phi) is 17.4. The Morgan fingerprint density at radius 2 is 0.674 bits per heavy atom. The van der Waals surface area contributed by atoms with Crippen molar-refractivity contribution in [3.63, 3.8) is 0 Å². The van der Waals surface area contributed by atoms with Gasteiger partial charge in [0.15, 0.2) is 0 Å². The summed E-state index contributed by atoms with van der Waals surface area (Å²) in [7, 11) is 0. The number of benzene rings is 2. The summed E-state index contributed by atoms with van der Waals surface area (Å²) in [5.41, 5.74) is 7.10. The Morgan fingerprint density at radius 1 is 0.442 bits per heavy atom. The summed E-state index contributed by atoms with van der Waals surface area (Å²) in [5.74, 6) is 3.33. The van der Waals surface area contributed by atoms with Crippen LogP contribution in [0, 0.1) is 23.7 Å². The molecule has 2 aromatic rings. The van der Waals surface area contributed by atoms with E-state index in [1.54, 1.807) is 0 Å².